The number of halogens is 6. The van der Waals surface area contributed by atoms with Gasteiger partial charge in [-0.25, -0.2) is 0 Å². The summed E-state index contributed by atoms with van der Waals surface area (Å²) in [5.74, 6) is 0. The van der Waals surface area contributed by atoms with E-state index < -0.39 is 50.0 Å². The van der Waals surface area contributed by atoms with Crippen molar-refractivity contribution in [1.82, 2.24) is 28.0 Å². The topological polar surface area (TPSA) is 243 Å². The molecule has 0 aromatic heterocycles. The Hall–Kier alpha value is 2.28. The molecular formula is C12H54F6N6O12P12+6. The van der Waals surface area contributed by atoms with Crippen molar-refractivity contribution >= 4 is 106 Å². The maximum absolute atomic E-state index is 10.1. The van der Waals surface area contributed by atoms with Gasteiger partial charge < -0.3 is 0 Å². The van der Waals surface area contributed by atoms with E-state index in [1.165, 1.54) is 0 Å². The summed E-state index contributed by atoms with van der Waals surface area (Å²) < 4.78 is 123. The average Bonchev–Trinajstić information content (AvgIpc) is 2.61. The van der Waals surface area contributed by atoms with Crippen molar-refractivity contribution in [3.8, 4) is 0 Å². The van der Waals surface area contributed by atoms with Crippen LogP contribution in [0.4, 0.5) is 25.2 Å². The van der Waals surface area contributed by atoms with Crippen LogP contribution in [0.3, 0.4) is 0 Å². The molecule has 0 aromatic carbocycles. The molecule has 48 heavy (non-hydrogen) atoms. The van der Waals surface area contributed by atoms with E-state index in [4.69, 9.17) is 56.8 Å². The predicted molar refractivity (Wildman–Crippen MR) is 206 cm³/mol. The first-order chi connectivity index (χ1) is 20.8. The maximum atomic E-state index is 10.1. The van der Waals surface area contributed by atoms with Crippen LogP contribution in [-0.4, -0.2) is 142 Å². The second-order valence-corrected chi connectivity index (χ2v) is 16.1. The van der Waals surface area contributed by atoms with Crippen molar-refractivity contribution in [1.29, 1.82) is 0 Å². The highest BCUT2D eigenvalue weighted by molar-refractivity contribution is 7.32. The van der Waals surface area contributed by atoms with Crippen LogP contribution in [0.2, 0.25) is 0 Å². The Morgan fingerprint density at radius 2 is 0.292 bits per heavy atom. The molecule has 36 heteroatoms. The van der Waals surface area contributed by atoms with Crippen molar-refractivity contribution < 1.29 is 81.9 Å². The molecule has 0 heterocycles. The molecule has 12 atom stereocenters. The molecule has 0 saturated heterocycles. The number of hydrogen-bond acceptors (Lipinski definition) is 12. The van der Waals surface area contributed by atoms with Crippen LogP contribution in [0, 0.1) is 0 Å². The zero-order valence-corrected chi connectivity index (χ0v) is 40.5. The minimum Gasteiger partial charge on any atom is -0.293 e. The monoisotopic (exact) mass is 960 g/mol. The van der Waals surface area contributed by atoms with E-state index in [1.807, 2.05) is 113 Å². The zero-order chi connectivity index (χ0) is 42.9. The molecule has 0 amide bonds. The van der Waals surface area contributed by atoms with Gasteiger partial charge in [0.15, 0.2) is 0 Å². The molecule has 12 unspecified atom stereocenters. The number of rotatable bonds is 0. The Morgan fingerprint density at radius 3 is 0.292 bits per heavy atom. The van der Waals surface area contributed by atoms with Crippen molar-refractivity contribution in [2.45, 2.75) is 0 Å². The van der Waals surface area contributed by atoms with Crippen molar-refractivity contribution in [2.75, 3.05) is 84.6 Å². The predicted octanol–water partition coefficient (Wildman–Crippen LogP) is 5.66. The van der Waals surface area contributed by atoms with Crippen molar-refractivity contribution in [2.24, 2.45) is 0 Å². The minimum absolute atomic E-state index is 1.92. The van der Waals surface area contributed by atoms with Crippen molar-refractivity contribution in [3.05, 3.63) is 0 Å². The zero-order valence-electron chi connectivity index (χ0n) is 28.2. The van der Waals surface area contributed by atoms with Gasteiger partial charge in [0.25, 0.3) is 0 Å². The van der Waals surface area contributed by atoms with Crippen LogP contribution in [0.1, 0.15) is 0 Å². The standard InChI is InChI=1S/6C2H8NP.6FO2P/c6*1-3(2)4;6*1-4(2)3/h6*4H2,1-2H3;;;;;;/p+6. The quantitative estimate of drug-likeness (QED) is 0.127. The van der Waals surface area contributed by atoms with Gasteiger partial charge in [-0.05, 0) is 84.6 Å². The highest BCUT2D eigenvalue weighted by Crippen LogP contribution is 2.12. The third kappa shape index (κ3) is 20800. The van der Waals surface area contributed by atoms with Gasteiger partial charge in [0.1, 0.15) is 0 Å². The molecule has 0 aromatic rings. The number of nitrogens with zero attached hydrogens (tertiary/aromatic N) is 6. The molecular weight excluding hydrogens is 906 g/mol. The molecule has 300 valence electrons. The van der Waals surface area contributed by atoms with Gasteiger partial charge in [0, 0.05) is 27.4 Å². The van der Waals surface area contributed by atoms with Crippen LogP contribution < -0.4 is 0 Å². The molecule has 0 aliphatic heterocycles. The summed E-state index contributed by atoms with van der Waals surface area (Å²) in [5.41, 5.74) is 0. The summed E-state index contributed by atoms with van der Waals surface area (Å²) in [6.07, 6.45) is 0. The van der Waals surface area contributed by atoms with Gasteiger partial charge in [0.2, 0.25) is 0 Å². The molecule has 0 aliphatic carbocycles. The largest absolute Gasteiger partial charge is 0.743 e. The highest BCUT2D eigenvalue weighted by Gasteiger charge is 2.01. The summed E-state index contributed by atoms with van der Waals surface area (Å²) >= 11 is 0. The number of hydrogen-bond donors (Lipinski definition) is 6. The summed E-state index contributed by atoms with van der Waals surface area (Å²) in [4.78, 5) is 41.4. The van der Waals surface area contributed by atoms with Crippen LogP contribution in [0.5, 0.6) is 0 Å². The highest BCUT2D eigenvalue weighted by atomic mass is 31.2. The molecule has 18 nitrogen and oxygen atoms in total. The molecule has 0 bridgehead atoms. The molecule has 0 fully saturated rings. The fourth-order valence-corrected chi connectivity index (χ4v) is 0. The van der Waals surface area contributed by atoms with Gasteiger partial charge in [-0.2, -0.15) is 0 Å². The fourth-order valence-electron chi connectivity index (χ4n) is 0. The third-order valence-electron chi connectivity index (χ3n) is 0. The van der Waals surface area contributed by atoms with E-state index in [1.54, 1.807) is 0 Å². The first-order valence-corrected chi connectivity index (χ1v) is 19.9. The van der Waals surface area contributed by atoms with Crippen LogP contribution >= 0.6 is 106 Å². The molecule has 0 saturated carbocycles. The lowest BCUT2D eigenvalue weighted by atomic mass is 11.3. The SMILES string of the molecule is CN(C)P.CN(C)P.CN(C)P.CN(C)P.CN(C)P.CN(C)P.O=[P+](O)F.O=[P+](O)F.O=[P+](O)F.O=[P+](O)F.O=[P+](O)F.O=[P+](O)F. The molecule has 0 aliphatic rings. The first-order valence-electron chi connectivity index (χ1n) is 10.2. The summed E-state index contributed by atoms with van der Waals surface area (Å²) in [6.45, 7) is 0. The lowest BCUT2D eigenvalue weighted by molar-refractivity contribution is 0.458. The van der Waals surface area contributed by atoms with Crippen LogP contribution in [0.25, 0.3) is 0 Å². The Labute approximate surface area is 300 Å². The molecule has 0 spiro atoms. The second-order valence-electron chi connectivity index (χ2n) is 7.14. The fraction of sp³-hybridized carbons (Fsp3) is 1.00. The van der Waals surface area contributed by atoms with E-state index in [-0.39, 0.29) is 0 Å². The summed E-state index contributed by atoms with van der Waals surface area (Å²) in [6, 6.07) is 0. The van der Waals surface area contributed by atoms with Gasteiger partial charge in [-0.3, -0.25) is 28.0 Å². The first kappa shape index (κ1) is 83.3. The van der Waals surface area contributed by atoms with Gasteiger partial charge >= 0.3 is 50.0 Å². The van der Waals surface area contributed by atoms with E-state index in [2.05, 4.69) is 56.3 Å². The minimum atomic E-state index is -3.37. The Bertz CT molecular complexity index is 513. The van der Waals surface area contributed by atoms with Crippen molar-refractivity contribution in [3.63, 3.8) is 0 Å². The molecule has 0 rings (SSSR count). The smallest absolute Gasteiger partial charge is 0.293 e. The van der Waals surface area contributed by atoms with Gasteiger partial charge in [-0.1, -0.05) is 56.3 Å². The van der Waals surface area contributed by atoms with Gasteiger partial charge in [-0.15, -0.1) is 29.4 Å². The van der Waals surface area contributed by atoms with Crippen LogP contribution in [0.15, 0.2) is 0 Å². The Kier molecular flexibility index (Phi) is 136. The average molecular weight is 960 g/mol. The Morgan fingerprint density at radius 1 is 0.292 bits per heavy atom. The molecule has 6 N–H and O–H groups in total. The van der Waals surface area contributed by atoms with Crippen LogP contribution in [-0.2, 0) is 27.4 Å². The maximum Gasteiger partial charge on any atom is 0.743 e. The lowest BCUT2D eigenvalue weighted by Gasteiger charge is -1.90. The van der Waals surface area contributed by atoms with Gasteiger partial charge in [0.05, 0.1) is 25.2 Å². The normalized spacial score (nSPS) is 10.0. The third-order valence-corrected chi connectivity index (χ3v) is 0. The summed E-state index contributed by atoms with van der Waals surface area (Å²) in [7, 11) is 18.3. The van der Waals surface area contributed by atoms with E-state index in [0.717, 1.165) is 0 Å². The molecule has 0 radical (unpaired) electrons. The van der Waals surface area contributed by atoms with E-state index >= 15 is 0 Å². The second kappa shape index (κ2) is 78.4. The lowest BCUT2D eigenvalue weighted by Crippen LogP contribution is -1.88. The van der Waals surface area contributed by atoms with E-state index in [0.29, 0.717) is 0 Å². The van der Waals surface area contributed by atoms with E-state index in [9.17, 15) is 25.2 Å². The Balaban J connectivity index is -0.0000000295. The summed E-state index contributed by atoms with van der Waals surface area (Å²) in [5, 5.41) is 0.